The van der Waals surface area contributed by atoms with Crippen molar-refractivity contribution in [3.63, 3.8) is 0 Å². The van der Waals surface area contributed by atoms with Gasteiger partial charge in [-0.25, -0.2) is 0 Å². The zero-order valence-corrected chi connectivity index (χ0v) is 27.2. The van der Waals surface area contributed by atoms with Crippen molar-refractivity contribution in [2.75, 3.05) is 4.90 Å². The predicted octanol–water partition coefficient (Wildman–Crippen LogP) is 13.1. The molecule has 0 spiro atoms. The highest BCUT2D eigenvalue weighted by Crippen LogP contribution is 2.57. The van der Waals surface area contributed by atoms with Gasteiger partial charge in [0.25, 0.3) is 0 Å². The number of fused-ring (bicyclic) bond motifs is 6. The van der Waals surface area contributed by atoms with Crippen LogP contribution in [0, 0.1) is 0 Å². The Morgan fingerprint density at radius 3 is 1.67 bits per heavy atom. The lowest BCUT2D eigenvalue weighted by atomic mass is 9.79. The molecule has 1 heteroatoms. The van der Waals surface area contributed by atoms with Crippen LogP contribution in [0.1, 0.15) is 25.0 Å². The number of nitrogens with zero attached hydrogens (tertiary/aromatic N) is 1. The lowest BCUT2D eigenvalue weighted by Crippen LogP contribution is -2.21. The Bertz CT molecular complexity index is 2400. The van der Waals surface area contributed by atoms with E-state index in [2.05, 4.69) is 195 Å². The Morgan fingerprint density at radius 2 is 0.979 bits per heavy atom. The van der Waals surface area contributed by atoms with Crippen LogP contribution < -0.4 is 4.90 Å². The largest absolute Gasteiger partial charge is 0.309 e. The number of para-hydroxylation sites is 1. The first kappa shape index (κ1) is 28.3. The molecule has 9 rings (SSSR count). The molecule has 0 N–H and O–H groups in total. The smallest absolute Gasteiger partial charge is 0.0593 e. The quantitative estimate of drug-likeness (QED) is 0.175. The number of hydrogen-bond donors (Lipinski definition) is 0. The molecule has 0 fully saturated rings. The van der Waals surface area contributed by atoms with Gasteiger partial charge in [0.15, 0.2) is 0 Å². The second-order valence-electron chi connectivity index (χ2n) is 13.4. The molecule has 0 aromatic heterocycles. The summed E-state index contributed by atoms with van der Waals surface area (Å²) in [6.45, 7) is 4.80. The molecule has 0 saturated carbocycles. The van der Waals surface area contributed by atoms with Gasteiger partial charge in [0.1, 0.15) is 0 Å². The third-order valence-electron chi connectivity index (χ3n) is 10.1. The maximum Gasteiger partial charge on any atom is 0.0593 e. The number of benzene rings is 8. The first-order chi connectivity index (χ1) is 23.6. The Kier molecular flexibility index (Phi) is 6.55. The van der Waals surface area contributed by atoms with Crippen LogP contribution >= 0.6 is 0 Å². The van der Waals surface area contributed by atoms with Crippen LogP contribution in [0.3, 0.4) is 0 Å². The van der Waals surface area contributed by atoms with Crippen molar-refractivity contribution in [2.45, 2.75) is 19.3 Å². The molecule has 0 bridgehead atoms. The van der Waals surface area contributed by atoms with E-state index in [1.54, 1.807) is 0 Å². The molecular weight excluding hydrogens is 579 g/mol. The topological polar surface area (TPSA) is 3.24 Å². The van der Waals surface area contributed by atoms with Gasteiger partial charge in [-0.2, -0.15) is 0 Å². The van der Waals surface area contributed by atoms with E-state index < -0.39 is 0 Å². The SMILES string of the molecule is CC1(C)c2ccccc2-c2cc3ccc4ccccc4c3c(N(c3ccccc3)c3cc(-c4ccccc4)cc(-c4ccccc4)c3)c21. The molecule has 0 unspecified atom stereocenters. The highest BCUT2D eigenvalue weighted by molar-refractivity contribution is 6.18. The first-order valence-corrected chi connectivity index (χ1v) is 16.8. The zero-order chi connectivity index (χ0) is 32.2. The minimum absolute atomic E-state index is 0.223. The molecule has 0 aliphatic heterocycles. The molecule has 8 aromatic rings. The summed E-state index contributed by atoms with van der Waals surface area (Å²) >= 11 is 0. The first-order valence-electron chi connectivity index (χ1n) is 16.8. The molecular formula is C47H35N. The summed E-state index contributed by atoms with van der Waals surface area (Å²) in [7, 11) is 0. The summed E-state index contributed by atoms with van der Waals surface area (Å²) in [5.41, 5.74) is 13.5. The van der Waals surface area contributed by atoms with E-state index in [0.717, 1.165) is 11.4 Å². The van der Waals surface area contributed by atoms with Crippen LogP contribution in [-0.2, 0) is 5.41 Å². The highest BCUT2D eigenvalue weighted by Gasteiger charge is 2.40. The van der Waals surface area contributed by atoms with Gasteiger partial charge in [0.05, 0.1) is 5.69 Å². The summed E-state index contributed by atoms with van der Waals surface area (Å²) in [5.74, 6) is 0. The third-order valence-corrected chi connectivity index (χ3v) is 10.1. The van der Waals surface area contributed by atoms with Gasteiger partial charge in [0, 0.05) is 22.2 Å². The molecule has 0 radical (unpaired) electrons. The molecule has 0 heterocycles. The standard InChI is InChI=1S/C47H35N/c1-47(2)43-25-15-14-24-41(43)42-31-35-27-26-34-20-12-13-23-40(34)44(35)46(45(42)47)48(38-21-10-5-11-22-38)39-29-36(32-16-6-3-7-17-32)28-37(30-39)33-18-8-4-9-19-33/h3-31H,1-2H3. The van der Waals surface area contributed by atoms with Crippen molar-refractivity contribution >= 4 is 38.6 Å². The Hall–Kier alpha value is -5.92. The molecule has 0 amide bonds. The van der Waals surface area contributed by atoms with Crippen molar-refractivity contribution in [1.82, 2.24) is 0 Å². The molecule has 48 heavy (non-hydrogen) atoms. The second-order valence-corrected chi connectivity index (χ2v) is 13.4. The normalized spacial score (nSPS) is 13.0. The van der Waals surface area contributed by atoms with Gasteiger partial charge in [-0.1, -0.05) is 153 Å². The summed E-state index contributed by atoms with van der Waals surface area (Å²) in [4.78, 5) is 2.54. The summed E-state index contributed by atoms with van der Waals surface area (Å²) in [6.07, 6.45) is 0. The molecule has 1 aliphatic carbocycles. The fourth-order valence-corrected chi connectivity index (χ4v) is 7.94. The number of hydrogen-bond acceptors (Lipinski definition) is 1. The van der Waals surface area contributed by atoms with Crippen molar-refractivity contribution in [2.24, 2.45) is 0 Å². The van der Waals surface area contributed by atoms with Gasteiger partial charge in [0.2, 0.25) is 0 Å². The Balaban J connectivity index is 1.45. The average molecular weight is 614 g/mol. The van der Waals surface area contributed by atoms with Crippen LogP contribution in [-0.4, -0.2) is 0 Å². The summed E-state index contributed by atoms with van der Waals surface area (Å²) in [6, 6.07) is 64.4. The molecule has 0 saturated heterocycles. The van der Waals surface area contributed by atoms with Crippen LogP contribution in [0.25, 0.3) is 54.9 Å². The number of anilines is 3. The number of rotatable bonds is 5. The second kappa shape index (κ2) is 11.1. The highest BCUT2D eigenvalue weighted by atomic mass is 15.1. The maximum absolute atomic E-state index is 2.54. The Morgan fingerprint density at radius 1 is 0.417 bits per heavy atom. The summed E-state index contributed by atoms with van der Waals surface area (Å²) in [5, 5.41) is 5.04. The van der Waals surface area contributed by atoms with Crippen molar-refractivity contribution in [1.29, 1.82) is 0 Å². The van der Waals surface area contributed by atoms with Crippen molar-refractivity contribution in [3.05, 3.63) is 187 Å². The Labute approximate surface area is 282 Å². The van der Waals surface area contributed by atoms with E-state index >= 15 is 0 Å². The van der Waals surface area contributed by atoms with Crippen LogP contribution in [0.5, 0.6) is 0 Å². The van der Waals surface area contributed by atoms with Gasteiger partial charge < -0.3 is 4.90 Å². The van der Waals surface area contributed by atoms with Crippen LogP contribution in [0.2, 0.25) is 0 Å². The molecule has 8 aromatic carbocycles. The van der Waals surface area contributed by atoms with Crippen LogP contribution in [0.4, 0.5) is 17.1 Å². The van der Waals surface area contributed by atoms with E-state index in [1.165, 1.54) is 71.7 Å². The zero-order valence-electron chi connectivity index (χ0n) is 27.2. The minimum Gasteiger partial charge on any atom is -0.309 e. The fraction of sp³-hybridized carbons (Fsp3) is 0.0638. The van der Waals surface area contributed by atoms with E-state index in [9.17, 15) is 0 Å². The van der Waals surface area contributed by atoms with E-state index in [1.807, 2.05) is 0 Å². The molecule has 1 aliphatic rings. The summed E-state index contributed by atoms with van der Waals surface area (Å²) < 4.78 is 0. The monoisotopic (exact) mass is 613 g/mol. The minimum atomic E-state index is -0.223. The van der Waals surface area contributed by atoms with E-state index in [-0.39, 0.29) is 5.41 Å². The fourth-order valence-electron chi connectivity index (χ4n) is 7.94. The van der Waals surface area contributed by atoms with Crippen LogP contribution in [0.15, 0.2) is 176 Å². The van der Waals surface area contributed by atoms with Crippen molar-refractivity contribution in [3.8, 4) is 33.4 Å². The lowest BCUT2D eigenvalue weighted by molar-refractivity contribution is 0.661. The third kappa shape index (κ3) is 4.47. The van der Waals surface area contributed by atoms with Gasteiger partial charge in [-0.05, 0) is 97.1 Å². The van der Waals surface area contributed by atoms with Gasteiger partial charge >= 0.3 is 0 Å². The molecule has 1 nitrogen and oxygen atoms in total. The maximum atomic E-state index is 2.54. The average Bonchev–Trinajstić information content (AvgIpc) is 3.38. The molecule has 228 valence electrons. The van der Waals surface area contributed by atoms with Crippen molar-refractivity contribution < 1.29 is 0 Å². The van der Waals surface area contributed by atoms with E-state index in [4.69, 9.17) is 0 Å². The van der Waals surface area contributed by atoms with Gasteiger partial charge in [-0.3, -0.25) is 0 Å². The van der Waals surface area contributed by atoms with E-state index in [0.29, 0.717) is 0 Å². The molecule has 0 atom stereocenters. The van der Waals surface area contributed by atoms with Gasteiger partial charge in [-0.15, -0.1) is 0 Å². The predicted molar refractivity (Wildman–Crippen MR) is 205 cm³/mol. The lowest BCUT2D eigenvalue weighted by Gasteiger charge is -2.34.